The standard InChI is InChI=1S/C15H24N2O2S/c1-10(2)12-5-4-11(3)8-13(12)19-14(18)9-20-15-16-6-7-17-15/h6-7,10-13H,4-5,8-9H2,1-3H3,(H,16,17). The monoisotopic (exact) mass is 296 g/mol. The number of H-pyrrole nitrogens is 1. The van der Waals surface area contributed by atoms with Crippen molar-refractivity contribution < 1.29 is 9.53 Å². The zero-order valence-electron chi connectivity index (χ0n) is 12.5. The van der Waals surface area contributed by atoms with E-state index < -0.39 is 0 Å². The van der Waals surface area contributed by atoms with Crippen LogP contribution in [0.2, 0.25) is 0 Å². The van der Waals surface area contributed by atoms with Crippen LogP contribution in [0.5, 0.6) is 0 Å². The molecule has 3 atom stereocenters. The zero-order chi connectivity index (χ0) is 14.5. The maximum Gasteiger partial charge on any atom is 0.316 e. The SMILES string of the molecule is CC1CCC(C(C)C)C(OC(=O)CSc2ncc[nH]2)C1. The number of esters is 1. The predicted octanol–water partition coefficient (Wildman–Crippen LogP) is 3.51. The Labute approximate surface area is 125 Å². The van der Waals surface area contributed by atoms with Gasteiger partial charge in [0.25, 0.3) is 0 Å². The maximum absolute atomic E-state index is 12.0. The number of nitrogens with zero attached hydrogens (tertiary/aromatic N) is 1. The summed E-state index contributed by atoms with van der Waals surface area (Å²) in [5.74, 6) is 1.92. The average Bonchev–Trinajstić information content (AvgIpc) is 2.89. The van der Waals surface area contributed by atoms with E-state index in [1.165, 1.54) is 24.6 Å². The van der Waals surface area contributed by atoms with E-state index in [9.17, 15) is 4.79 Å². The lowest BCUT2D eigenvalue weighted by Gasteiger charge is -2.36. The molecule has 0 radical (unpaired) electrons. The minimum atomic E-state index is -0.129. The lowest BCUT2D eigenvalue weighted by molar-refractivity contribution is -0.152. The Kier molecular flexibility index (Phi) is 5.52. The molecule has 0 saturated heterocycles. The number of aromatic nitrogens is 2. The van der Waals surface area contributed by atoms with Gasteiger partial charge in [-0.25, -0.2) is 4.98 Å². The predicted molar refractivity (Wildman–Crippen MR) is 80.5 cm³/mol. The molecule has 112 valence electrons. The molecule has 1 N–H and O–H groups in total. The maximum atomic E-state index is 12.0. The first-order chi connectivity index (χ1) is 9.56. The molecule has 0 bridgehead atoms. The van der Waals surface area contributed by atoms with Crippen molar-refractivity contribution in [1.82, 2.24) is 9.97 Å². The molecule has 5 heteroatoms. The van der Waals surface area contributed by atoms with Crippen molar-refractivity contribution in [2.24, 2.45) is 17.8 Å². The van der Waals surface area contributed by atoms with Crippen LogP contribution >= 0.6 is 11.8 Å². The van der Waals surface area contributed by atoms with Crippen molar-refractivity contribution >= 4 is 17.7 Å². The summed E-state index contributed by atoms with van der Waals surface area (Å²) >= 11 is 1.39. The van der Waals surface area contributed by atoms with Gasteiger partial charge in [-0.15, -0.1) is 0 Å². The molecule has 1 heterocycles. The Morgan fingerprint density at radius 1 is 1.55 bits per heavy atom. The van der Waals surface area contributed by atoms with E-state index in [1.807, 2.05) is 0 Å². The number of thioether (sulfide) groups is 1. The van der Waals surface area contributed by atoms with Crippen molar-refractivity contribution in [2.75, 3.05) is 5.75 Å². The third-order valence-electron chi connectivity index (χ3n) is 4.04. The van der Waals surface area contributed by atoms with Gasteiger partial charge >= 0.3 is 5.97 Å². The number of imidazole rings is 1. The molecule has 4 nitrogen and oxygen atoms in total. The molecule has 1 saturated carbocycles. The number of nitrogens with one attached hydrogen (secondary N) is 1. The fourth-order valence-electron chi connectivity index (χ4n) is 2.91. The molecule has 1 aliphatic rings. The molecule has 0 aromatic carbocycles. The molecule has 0 spiro atoms. The number of carbonyl (C=O) groups excluding carboxylic acids is 1. The first-order valence-electron chi connectivity index (χ1n) is 7.38. The molecule has 1 aromatic rings. The minimum absolute atomic E-state index is 0.0865. The minimum Gasteiger partial charge on any atom is -0.461 e. The number of hydrogen-bond acceptors (Lipinski definition) is 4. The number of hydrogen-bond donors (Lipinski definition) is 1. The fourth-order valence-corrected chi connectivity index (χ4v) is 3.52. The lowest BCUT2D eigenvalue weighted by atomic mass is 9.75. The average molecular weight is 296 g/mol. The highest BCUT2D eigenvalue weighted by Crippen LogP contribution is 2.35. The topological polar surface area (TPSA) is 55.0 Å². The van der Waals surface area contributed by atoms with Crippen LogP contribution in [0.3, 0.4) is 0 Å². The summed E-state index contributed by atoms with van der Waals surface area (Å²) in [4.78, 5) is 19.1. The lowest BCUT2D eigenvalue weighted by Crippen LogP contribution is -2.36. The molecule has 0 amide bonds. The van der Waals surface area contributed by atoms with Gasteiger partial charge in [0.2, 0.25) is 0 Å². The Balaban J connectivity index is 1.84. The highest BCUT2D eigenvalue weighted by molar-refractivity contribution is 7.99. The van der Waals surface area contributed by atoms with Crippen LogP contribution in [-0.4, -0.2) is 27.8 Å². The largest absolute Gasteiger partial charge is 0.461 e. The number of ether oxygens (including phenoxy) is 1. The van der Waals surface area contributed by atoms with Crippen molar-refractivity contribution in [3.8, 4) is 0 Å². The van der Waals surface area contributed by atoms with E-state index in [2.05, 4.69) is 30.7 Å². The molecular weight excluding hydrogens is 272 g/mol. The van der Waals surface area contributed by atoms with Crippen LogP contribution in [0.15, 0.2) is 17.6 Å². The second-order valence-electron chi connectivity index (χ2n) is 6.04. The summed E-state index contributed by atoms with van der Waals surface area (Å²) in [5, 5.41) is 0.763. The molecule has 20 heavy (non-hydrogen) atoms. The van der Waals surface area contributed by atoms with Gasteiger partial charge in [-0.1, -0.05) is 39.0 Å². The van der Waals surface area contributed by atoms with E-state index in [4.69, 9.17) is 4.74 Å². The highest BCUT2D eigenvalue weighted by Gasteiger charge is 2.33. The van der Waals surface area contributed by atoms with Gasteiger partial charge in [0, 0.05) is 12.4 Å². The summed E-state index contributed by atoms with van der Waals surface area (Å²) in [5.41, 5.74) is 0. The summed E-state index contributed by atoms with van der Waals surface area (Å²) in [6.45, 7) is 6.69. The first kappa shape index (κ1) is 15.4. The van der Waals surface area contributed by atoms with Gasteiger partial charge in [0.05, 0.1) is 5.75 Å². The smallest absolute Gasteiger partial charge is 0.316 e. The van der Waals surface area contributed by atoms with Gasteiger partial charge < -0.3 is 9.72 Å². The molecule has 1 fully saturated rings. The quantitative estimate of drug-likeness (QED) is 0.667. The van der Waals surface area contributed by atoms with Crippen molar-refractivity contribution in [3.63, 3.8) is 0 Å². The van der Waals surface area contributed by atoms with Gasteiger partial charge in [0.1, 0.15) is 6.10 Å². The van der Waals surface area contributed by atoms with E-state index in [1.54, 1.807) is 12.4 Å². The summed E-state index contributed by atoms with van der Waals surface area (Å²) in [6.07, 6.45) is 6.94. The Morgan fingerprint density at radius 2 is 2.35 bits per heavy atom. The zero-order valence-corrected chi connectivity index (χ0v) is 13.3. The van der Waals surface area contributed by atoms with E-state index in [0.29, 0.717) is 23.5 Å². The summed E-state index contributed by atoms with van der Waals surface area (Å²) < 4.78 is 5.73. The molecule has 2 rings (SSSR count). The molecule has 3 unspecified atom stereocenters. The normalized spacial score (nSPS) is 26.7. The Morgan fingerprint density at radius 3 is 3.00 bits per heavy atom. The van der Waals surface area contributed by atoms with E-state index >= 15 is 0 Å². The molecular formula is C15H24N2O2S. The van der Waals surface area contributed by atoms with Gasteiger partial charge in [0.15, 0.2) is 5.16 Å². The molecule has 1 aliphatic carbocycles. The second kappa shape index (κ2) is 7.16. The van der Waals surface area contributed by atoms with Crippen LogP contribution in [0, 0.1) is 17.8 Å². The van der Waals surface area contributed by atoms with Crippen LogP contribution in [0.25, 0.3) is 0 Å². The van der Waals surface area contributed by atoms with Crippen LogP contribution in [0.1, 0.15) is 40.0 Å². The summed E-state index contributed by atoms with van der Waals surface area (Å²) in [6, 6.07) is 0. The highest BCUT2D eigenvalue weighted by atomic mass is 32.2. The van der Waals surface area contributed by atoms with E-state index in [-0.39, 0.29) is 12.1 Å². The fraction of sp³-hybridized carbons (Fsp3) is 0.733. The Bertz CT molecular complexity index is 420. The number of carbonyl (C=O) groups is 1. The second-order valence-corrected chi connectivity index (χ2v) is 7.00. The first-order valence-corrected chi connectivity index (χ1v) is 8.36. The van der Waals surface area contributed by atoms with Crippen molar-refractivity contribution in [2.45, 2.75) is 51.3 Å². The van der Waals surface area contributed by atoms with Gasteiger partial charge in [-0.2, -0.15) is 0 Å². The van der Waals surface area contributed by atoms with Gasteiger partial charge in [-0.3, -0.25) is 4.79 Å². The third-order valence-corrected chi connectivity index (χ3v) is 4.92. The number of aromatic amines is 1. The van der Waals surface area contributed by atoms with Crippen molar-refractivity contribution in [3.05, 3.63) is 12.4 Å². The van der Waals surface area contributed by atoms with Crippen LogP contribution in [0.4, 0.5) is 0 Å². The number of rotatable bonds is 5. The van der Waals surface area contributed by atoms with Crippen LogP contribution < -0.4 is 0 Å². The van der Waals surface area contributed by atoms with E-state index in [0.717, 1.165) is 11.6 Å². The Hall–Kier alpha value is -0.970. The van der Waals surface area contributed by atoms with Gasteiger partial charge in [-0.05, 0) is 30.6 Å². The summed E-state index contributed by atoms with van der Waals surface area (Å²) in [7, 11) is 0. The van der Waals surface area contributed by atoms with Crippen LogP contribution in [-0.2, 0) is 9.53 Å². The third kappa shape index (κ3) is 4.27. The molecule has 0 aliphatic heterocycles. The van der Waals surface area contributed by atoms with Crippen molar-refractivity contribution in [1.29, 1.82) is 0 Å². The molecule has 1 aromatic heterocycles.